The third-order valence-corrected chi connectivity index (χ3v) is 4.08. The molecule has 1 aromatic rings. The Morgan fingerprint density at radius 1 is 1.33 bits per heavy atom. The molecule has 1 aromatic carbocycles. The van der Waals surface area contributed by atoms with Crippen LogP contribution < -0.4 is 14.3 Å². The van der Waals surface area contributed by atoms with E-state index in [4.69, 9.17) is 0 Å². The standard InChI is InChI=1S/C11H15N3O3S/c1-8(2)13-18(16,17)14-7-11(15)12-9-5-3-4-6-10(9)14/h3-6,8,13H,7H2,1-2H3,(H,12,15). The van der Waals surface area contributed by atoms with Gasteiger partial charge in [0.05, 0.1) is 11.4 Å². The first-order valence-electron chi connectivity index (χ1n) is 5.59. The molecular formula is C11H15N3O3S. The second kappa shape index (κ2) is 4.58. The number of carbonyl (C=O) groups is 1. The van der Waals surface area contributed by atoms with E-state index >= 15 is 0 Å². The molecule has 7 heteroatoms. The zero-order valence-electron chi connectivity index (χ0n) is 10.2. The van der Waals surface area contributed by atoms with E-state index in [1.807, 2.05) is 0 Å². The van der Waals surface area contributed by atoms with Gasteiger partial charge in [0.2, 0.25) is 5.91 Å². The molecule has 0 saturated heterocycles. The van der Waals surface area contributed by atoms with E-state index in [0.717, 1.165) is 4.31 Å². The van der Waals surface area contributed by atoms with Gasteiger partial charge >= 0.3 is 10.2 Å². The number of anilines is 2. The molecule has 1 aliphatic rings. The van der Waals surface area contributed by atoms with Gasteiger partial charge in [-0.1, -0.05) is 12.1 Å². The topological polar surface area (TPSA) is 78.5 Å². The predicted octanol–water partition coefficient (Wildman–Crippen LogP) is 0.688. The van der Waals surface area contributed by atoms with Crippen LogP contribution in [-0.2, 0) is 15.0 Å². The zero-order valence-corrected chi connectivity index (χ0v) is 11.0. The average molecular weight is 269 g/mol. The lowest BCUT2D eigenvalue weighted by molar-refractivity contribution is -0.115. The molecule has 0 unspecified atom stereocenters. The highest BCUT2D eigenvalue weighted by Crippen LogP contribution is 2.30. The molecule has 1 heterocycles. The summed E-state index contributed by atoms with van der Waals surface area (Å²) >= 11 is 0. The van der Waals surface area contributed by atoms with Crippen molar-refractivity contribution in [2.45, 2.75) is 19.9 Å². The summed E-state index contributed by atoms with van der Waals surface area (Å²) < 4.78 is 27.8. The first-order valence-corrected chi connectivity index (χ1v) is 7.03. The maximum absolute atomic E-state index is 12.1. The Bertz CT molecular complexity index is 569. The molecule has 1 aliphatic heterocycles. The van der Waals surface area contributed by atoms with Crippen molar-refractivity contribution in [1.82, 2.24) is 4.72 Å². The summed E-state index contributed by atoms with van der Waals surface area (Å²) in [6.45, 7) is 3.25. The van der Waals surface area contributed by atoms with Crippen LogP contribution in [0.25, 0.3) is 0 Å². The minimum Gasteiger partial charge on any atom is -0.323 e. The number of para-hydroxylation sites is 2. The summed E-state index contributed by atoms with van der Waals surface area (Å²) in [4.78, 5) is 11.5. The Morgan fingerprint density at radius 3 is 2.67 bits per heavy atom. The van der Waals surface area contributed by atoms with Crippen molar-refractivity contribution in [2.24, 2.45) is 0 Å². The molecule has 0 aromatic heterocycles. The molecule has 6 nitrogen and oxygen atoms in total. The summed E-state index contributed by atoms with van der Waals surface area (Å²) in [5.41, 5.74) is 0.980. The van der Waals surface area contributed by atoms with Crippen LogP contribution in [0.15, 0.2) is 24.3 Å². The minimum atomic E-state index is -3.71. The van der Waals surface area contributed by atoms with Crippen molar-refractivity contribution in [2.75, 3.05) is 16.2 Å². The van der Waals surface area contributed by atoms with Gasteiger partial charge in [0.25, 0.3) is 0 Å². The fourth-order valence-corrected chi connectivity index (χ4v) is 3.21. The number of hydrogen-bond acceptors (Lipinski definition) is 3. The lowest BCUT2D eigenvalue weighted by Gasteiger charge is -2.30. The highest BCUT2D eigenvalue weighted by molar-refractivity contribution is 7.91. The van der Waals surface area contributed by atoms with Gasteiger partial charge in [-0.2, -0.15) is 13.1 Å². The van der Waals surface area contributed by atoms with Crippen molar-refractivity contribution in [3.05, 3.63) is 24.3 Å². The first kappa shape index (κ1) is 12.8. The molecule has 0 saturated carbocycles. The van der Waals surface area contributed by atoms with Crippen molar-refractivity contribution >= 4 is 27.5 Å². The summed E-state index contributed by atoms with van der Waals surface area (Å²) in [7, 11) is -3.71. The fraction of sp³-hybridized carbons (Fsp3) is 0.364. The van der Waals surface area contributed by atoms with Gasteiger partial charge in [-0.15, -0.1) is 0 Å². The SMILES string of the molecule is CC(C)NS(=O)(=O)N1CC(=O)Nc2ccccc21. The molecule has 0 radical (unpaired) electrons. The largest absolute Gasteiger partial charge is 0.323 e. The van der Waals surface area contributed by atoms with Crippen LogP contribution >= 0.6 is 0 Å². The van der Waals surface area contributed by atoms with E-state index in [-0.39, 0.29) is 18.5 Å². The van der Waals surface area contributed by atoms with E-state index in [2.05, 4.69) is 10.0 Å². The fourth-order valence-electron chi connectivity index (χ4n) is 1.78. The molecule has 0 bridgehead atoms. The van der Waals surface area contributed by atoms with Crippen LogP contribution in [0.1, 0.15) is 13.8 Å². The van der Waals surface area contributed by atoms with E-state index in [9.17, 15) is 13.2 Å². The summed E-state index contributed by atoms with van der Waals surface area (Å²) in [5, 5.41) is 2.64. The quantitative estimate of drug-likeness (QED) is 0.847. The Hall–Kier alpha value is -1.60. The first-order chi connectivity index (χ1) is 8.40. The van der Waals surface area contributed by atoms with Crippen molar-refractivity contribution < 1.29 is 13.2 Å². The van der Waals surface area contributed by atoms with Crippen LogP contribution in [-0.4, -0.2) is 26.9 Å². The Labute approximate surface area is 106 Å². The molecule has 98 valence electrons. The number of fused-ring (bicyclic) bond motifs is 1. The predicted molar refractivity (Wildman–Crippen MR) is 69.6 cm³/mol. The average Bonchev–Trinajstić information content (AvgIpc) is 2.26. The second-order valence-corrected chi connectivity index (χ2v) is 5.98. The lowest BCUT2D eigenvalue weighted by atomic mass is 10.2. The Balaban J connectivity index is 2.43. The molecule has 0 spiro atoms. The van der Waals surface area contributed by atoms with Crippen LogP contribution in [0, 0.1) is 0 Å². The van der Waals surface area contributed by atoms with E-state index in [1.54, 1.807) is 38.1 Å². The molecular weight excluding hydrogens is 254 g/mol. The third-order valence-electron chi connectivity index (χ3n) is 2.41. The van der Waals surface area contributed by atoms with Crippen molar-refractivity contribution in [3.8, 4) is 0 Å². The maximum atomic E-state index is 12.1. The number of benzene rings is 1. The molecule has 18 heavy (non-hydrogen) atoms. The van der Waals surface area contributed by atoms with Crippen LogP contribution in [0.5, 0.6) is 0 Å². The number of nitrogens with one attached hydrogen (secondary N) is 2. The number of amides is 1. The Morgan fingerprint density at radius 2 is 2.00 bits per heavy atom. The Kier molecular flexibility index (Phi) is 3.27. The second-order valence-electron chi connectivity index (χ2n) is 4.35. The molecule has 2 rings (SSSR count). The molecule has 0 fully saturated rings. The molecule has 0 aliphatic carbocycles. The third kappa shape index (κ3) is 2.46. The van der Waals surface area contributed by atoms with Gasteiger partial charge in [-0.05, 0) is 26.0 Å². The maximum Gasteiger partial charge on any atom is 0.302 e. The lowest BCUT2D eigenvalue weighted by Crippen LogP contribution is -2.49. The summed E-state index contributed by atoms with van der Waals surface area (Å²) in [5.74, 6) is -0.345. The molecule has 0 atom stereocenters. The normalized spacial score (nSPS) is 15.5. The number of nitrogens with zero attached hydrogens (tertiary/aromatic N) is 1. The van der Waals surface area contributed by atoms with E-state index in [0.29, 0.717) is 11.4 Å². The number of rotatable bonds is 3. The van der Waals surface area contributed by atoms with E-state index in [1.165, 1.54) is 0 Å². The summed E-state index contributed by atoms with van der Waals surface area (Å²) in [6, 6.07) is 6.57. The zero-order chi connectivity index (χ0) is 13.3. The van der Waals surface area contributed by atoms with Crippen LogP contribution in [0.3, 0.4) is 0 Å². The highest BCUT2D eigenvalue weighted by atomic mass is 32.2. The summed E-state index contributed by atoms with van der Waals surface area (Å²) in [6.07, 6.45) is 0. The van der Waals surface area contributed by atoms with Crippen molar-refractivity contribution in [3.63, 3.8) is 0 Å². The number of carbonyl (C=O) groups excluding carboxylic acids is 1. The van der Waals surface area contributed by atoms with Gasteiger partial charge in [-0.25, -0.2) is 4.31 Å². The van der Waals surface area contributed by atoms with Crippen LogP contribution in [0.4, 0.5) is 11.4 Å². The van der Waals surface area contributed by atoms with Gasteiger partial charge in [0, 0.05) is 6.04 Å². The van der Waals surface area contributed by atoms with Crippen LogP contribution in [0.2, 0.25) is 0 Å². The van der Waals surface area contributed by atoms with Gasteiger partial charge < -0.3 is 5.32 Å². The van der Waals surface area contributed by atoms with Crippen molar-refractivity contribution in [1.29, 1.82) is 0 Å². The number of hydrogen-bond donors (Lipinski definition) is 2. The van der Waals surface area contributed by atoms with Gasteiger partial charge in [0.15, 0.2) is 0 Å². The van der Waals surface area contributed by atoms with E-state index < -0.39 is 10.2 Å². The van der Waals surface area contributed by atoms with Gasteiger partial charge in [-0.3, -0.25) is 4.79 Å². The molecule has 2 N–H and O–H groups in total. The highest BCUT2D eigenvalue weighted by Gasteiger charge is 2.31. The smallest absolute Gasteiger partial charge is 0.302 e. The van der Waals surface area contributed by atoms with Gasteiger partial charge in [0.1, 0.15) is 6.54 Å². The molecule has 1 amide bonds. The minimum absolute atomic E-state index is 0.209. The monoisotopic (exact) mass is 269 g/mol.